The Morgan fingerprint density at radius 3 is 2.62 bits per heavy atom. The predicted molar refractivity (Wildman–Crippen MR) is 99.9 cm³/mol. The zero-order valence-electron chi connectivity index (χ0n) is 12.5. The van der Waals surface area contributed by atoms with Crippen LogP contribution in [0.4, 0.5) is 0 Å². The Balaban J connectivity index is 1.94. The number of nitrogens with zero attached hydrogens (tertiary/aromatic N) is 1. The van der Waals surface area contributed by atoms with Crippen molar-refractivity contribution in [3.8, 4) is 0 Å². The molecule has 0 amide bonds. The Morgan fingerprint density at radius 2 is 2.00 bits per heavy atom. The van der Waals surface area contributed by atoms with Gasteiger partial charge < -0.3 is 14.8 Å². The summed E-state index contributed by atoms with van der Waals surface area (Å²) in [6, 6.07) is 12.8. The molecule has 3 heterocycles. The fourth-order valence-electron chi connectivity index (χ4n) is 2.12. The molecule has 24 heavy (non-hydrogen) atoms. The minimum absolute atomic E-state index is 0.0695. The Labute approximate surface area is 153 Å². The topological polar surface area (TPSA) is 49.3 Å². The second-order valence-corrected chi connectivity index (χ2v) is 6.97. The summed E-state index contributed by atoms with van der Waals surface area (Å²) in [5, 5.41) is 13.8. The third kappa shape index (κ3) is 3.84. The van der Waals surface area contributed by atoms with Crippen molar-refractivity contribution in [3.05, 3.63) is 76.1 Å². The van der Waals surface area contributed by atoms with E-state index in [0.717, 1.165) is 5.76 Å². The molecule has 122 valence electrons. The maximum atomic E-state index is 10.7. The molecule has 0 aliphatic heterocycles. The van der Waals surface area contributed by atoms with Crippen LogP contribution in [0.5, 0.6) is 0 Å². The van der Waals surface area contributed by atoms with Gasteiger partial charge in [-0.25, -0.2) is 0 Å². The van der Waals surface area contributed by atoms with Gasteiger partial charge in [-0.2, -0.15) is 4.57 Å². The average Bonchev–Trinajstić information content (AvgIpc) is 3.25. The number of pyridine rings is 1. The van der Waals surface area contributed by atoms with Gasteiger partial charge in [0.1, 0.15) is 5.76 Å². The van der Waals surface area contributed by atoms with Crippen molar-refractivity contribution in [2.45, 2.75) is 6.54 Å². The van der Waals surface area contributed by atoms with Crippen molar-refractivity contribution < 1.29 is 14.1 Å². The van der Waals surface area contributed by atoms with Gasteiger partial charge in [-0.3, -0.25) is 0 Å². The molecule has 3 aromatic heterocycles. The lowest BCUT2D eigenvalue weighted by molar-refractivity contribution is -0.576. The number of aliphatic hydroxyl groups excluding tert-OH is 1. The third-order valence-corrected chi connectivity index (χ3v) is 4.80. The molecule has 0 bridgehead atoms. The maximum absolute atomic E-state index is 10.7. The highest BCUT2D eigenvalue weighted by atomic mass is 35.5. The van der Waals surface area contributed by atoms with Crippen LogP contribution in [0, 0.1) is 0 Å². The Morgan fingerprint density at radius 1 is 1.21 bits per heavy atom. The maximum Gasteiger partial charge on any atom is 0.288 e. The van der Waals surface area contributed by atoms with E-state index >= 15 is 0 Å². The summed E-state index contributed by atoms with van der Waals surface area (Å²) in [7, 11) is 0. The lowest BCUT2D eigenvalue weighted by Crippen LogP contribution is -2.40. The number of nitrogens with one attached hydrogen (secondary N) is 1. The van der Waals surface area contributed by atoms with E-state index in [1.165, 1.54) is 11.3 Å². The molecule has 3 rings (SSSR count). The molecule has 0 aliphatic carbocycles. The molecule has 0 atom stereocenters. The minimum atomic E-state index is 0.0695. The number of furan rings is 1. The first-order valence-electron chi connectivity index (χ1n) is 7.11. The first-order valence-corrected chi connectivity index (χ1v) is 8.71. The van der Waals surface area contributed by atoms with E-state index in [2.05, 4.69) is 5.32 Å². The van der Waals surface area contributed by atoms with E-state index in [9.17, 15) is 5.11 Å². The molecule has 0 aromatic carbocycles. The Kier molecular flexibility index (Phi) is 5.30. The molecular weight excluding hydrogens is 364 g/mol. The highest BCUT2D eigenvalue weighted by Gasteiger charge is 2.24. The molecule has 0 saturated heterocycles. The lowest BCUT2D eigenvalue weighted by Gasteiger charge is -2.08. The lowest BCUT2D eigenvalue weighted by atomic mass is 10.2. The van der Waals surface area contributed by atoms with E-state index in [1.54, 1.807) is 23.0 Å². The van der Waals surface area contributed by atoms with Crippen LogP contribution in [0.15, 0.2) is 65.5 Å². The SMILES string of the molecule is O/C(=C(/C(=S)NCc1ccco1)[n+]1ccccc1)c1ccc(Cl)s1. The van der Waals surface area contributed by atoms with Gasteiger partial charge in [0.15, 0.2) is 17.4 Å². The number of rotatable bonds is 5. The van der Waals surface area contributed by atoms with E-state index < -0.39 is 0 Å². The van der Waals surface area contributed by atoms with Gasteiger partial charge >= 0.3 is 0 Å². The quantitative estimate of drug-likeness (QED) is 0.301. The fraction of sp³-hybridized carbons (Fsp3) is 0.0588. The van der Waals surface area contributed by atoms with E-state index in [1.807, 2.05) is 42.7 Å². The summed E-state index contributed by atoms with van der Waals surface area (Å²) in [5.41, 5.74) is 0.482. The van der Waals surface area contributed by atoms with Crippen LogP contribution in [0.3, 0.4) is 0 Å². The van der Waals surface area contributed by atoms with Crippen molar-refractivity contribution in [2.24, 2.45) is 0 Å². The normalized spacial score (nSPS) is 11.9. The highest BCUT2D eigenvalue weighted by Crippen LogP contribution is 2.28. The first kappa shape index (κ1) is 16.7. The Bertz CT molecular complexity index is 858. The molecule has 4 nitrogen and oxygen atoms in total. The van der Waals surface area contributed by atoms with Gasteiger partial charge in [-0.15, -0.1) is 11.3 Å². The fourth-order valence-corrected chi connectivity index (χ4v) is 3.38. The third-order valence-electron chi connectivity index (χ3n) is 3.22. The number of halogens is 1. The largest absolute Gasteiger partial charge is 0.501 e. The van der Waals surface area contributed by atoms with Gasteiger partial charge in [0.05, 0.1) is 22.0 Å². The van der Waals surface area contributed by atoms with Crippen LogP contribution in [-0.2, 0) is 6.54 Å². The summed E-state index contributed by atoms with van der Waals surface area (Å²) in [6.45, 7) is 0.432. The number of hydrogen-bond donors (Lipinski definition) is 2. The van der Waals surface area contributed by atoms with E-state index in [0.29, 0.717) is 26.4 Å². The summed E-state index contributed by atoms with van der Waals surface area (Å²) in [4.78, 5) is 1.05. The van der Waals surface area contributed by atoms with Gasteiger partial charge in [0.25, 0.3) is 5.70 Å². The van der Waals surface area contributed by atoms with Crippen molar-refractivity contribution in [3.63, 3.8) is 0 Å². The molecule has 0 fully saturated rings. The minimum Gasteiger partial charge on any atom is -0.501 e. The monoisotopic (exact) mass is 377 g/mol. The van der Waals surface area contributed by atoms with Gasteiger partial charge in [-0.05, 0) is 24.3 Å². The summed E-state index contributed by atoms with van der Waals surface area (Å²) < 4.78 is 7.66. The van der Waals surface area contributed by atoms with Crippen LogP contribution in [0.1, 0.15) is 10.6 Å². The Hall–Kier alpha value is -2.15. The van der Waals surface area contributed by atoms with E-state index in [4.69, 9.17) is 28.2 Å². The number of hydrogen-bond acceptors (Lipinski definition) is 4. The van der Waals surface area contributed by atoms with Crippen LogP contribution in [0.25, 0.3) is 11.5 Å². The molecule has 3 aromatic rings. The molecule has 0 spiro atoms. The predicted octanol–water partition coefficient (Wildman–Crippen LogP) is 4.28. The van der Waals surface area contributed by atoms with Crippen LogP contribution < -0.4 is 9.88 Å². The smallest absolute Gasteiger partial charge is 0.288 e. The number of aliphatic hydroxyl groups is 1. The summed E-state index contributed by atoms with van der Waals surface area (Å²) in [5.74, 6) is 0.827. The zero-order chi connectivity index (χ0) is 16.9. The first-order chi connectivity index (χ1) is 11.6. The van der Waals surface area contributed by atoms with Crippen LogP contribution in [0.2, 0.25) is 4.34 Å². The number of aromatic nitrogens is 1. The molecule has 0 radical (unpaired) electrons. The molecular formula is C17H14ClN2O2S2+. The molecule has 0 aliphatic rings. The van der Waals surface area contributed by atoms with Crippen molar-refractivity contribution >= 4 is 51.6 Å². The van der Waals surface area contributed by atoms with Crippen molar-refractivity contribution in [1.29, 1.82) is 0 Å². The van der Waals surface area contributed by atoms with Gasteiger partial charge in [-0.1, -0.05) is 29.9 Å². The number of thiophene rings is 1. The van der Waals surface area contributed by atoms with Crippen LogP contribution >= 0.6 is 35.2 Å². The van der Waals surface area contributed by atoms with Crippen molar-refractivity contribution in [2.75, 3.05) is 0 Å². The second kappa shape index (κ2) is 7.61. The highest BCUT2D eigenvalue weighted by molar-refractivity contribution is 7.81. The molecule has 0 saturated carbocycles. The number of thiocarbonyl (C=S) groups is 1. The average molecular weight is 378 g/mol. The standard InChI is InChI=1S/C17H13ClN2O2S2/c18-14-7-6-13(24-14)16(21)15(20-8-2-1-3-9-20)17(23)19-11-12-5-4-10-22-12/h1-10H,11H2,(H-,19,21,23)/p+1. The molecule has 7 heteroatoms. The second-order valence-electron chi connectivity index (χ2n) is 4.85. The summed E-state index contributed by atoms with van der Waals surface area (Å²) >= 11 is 12.8. The van der Waals surface area contributed by atoms with Crippen molar-refractivity contribution in [1.82, 2.24) is 5.32 Å². The van der Waals surface area contributed by atoms with Crippen LogP contribution in [-0.4, -0.2) is 10.1 Å². The van der Waals surface area contributed by atoms with E-state index in [-0.39, 0.29) is 5.76 Å². The zero-order valence-corrected chi connectivity index (χ0v) is 14.9. The molecule has 2 N–H and O–H groups in total. The van der Waals surface area contributed by atoms with Gasteiger partial charge in [0.2, 0.25) is 5.76 Å². The summed E-state index contributed by atoms with van der Waals surface area (Å²) in [6.07, 6.45) is 5.25. The van der Waals surface area contributed by atoms with Gasteiger partial charge in [0, 0.05) is 12.1 Å². The molecule has 0 unspecified atom stereocenters.